The van der Waals surface area contributed by atoms with Crippen molar-refractivity contribution < 1.29 is 0 Å². The zero-order valence-corrected chi connectivity index (χ0v) is 9.21. The number of anilines is 1. The molecular weight excluding hydrogens is 238 g/mol. The minimum atomic E-state index is 0.555. The van der Waals surface area contributed by atoms with E-state index >= 15 is 0 Å². The second-order valence-corrected chi connectivity index (χ2v) is 5.42. The van der Waals surface area contributed by atoms with Crippen LogP contribution in [0.25, 0.3) is 20.4 Å². The van der Waals surface area contributed by atoms with Crippen LogP contribution in [0.15, 0.2) is 12.1 Å². The van der Waals surface area contributed by atoms with Gasteiger partial charge < -0.3 is 5.73 Å². The van der Waals surface area contributed by atoms with E-state index in [1.807, 2.05) is 12.1 Å². The summed E-state index contributed by atoms with van der Waals surface area (Å²) >= 11 is 8.77. The standard InChI is InChI=1S/C8H4ClN3S2/c9-7-12-5-4(13-7)2-1-3-6(5)14-8(10)11-3/h1-2H,(H2,10,11). The van der Waals surface area contributed by atoms with E-state index in [1.54, 1.807) is 0 Å². The normalized spacial score (nSPS) is 11.5. The molecule has 3 nitrogen and oxygen atoms in total. The van der Waals surface area contributed by atoms with Gasteiger partial charge in [-0.1, -0.05) is 22.9 Å². The van der Waals surface area contributed by atoms with Crippen LogP contribution in [-0.2, 0) is 0 Å². The highest BCUT2D eigenvalue weighted by atomic mass is 35.5. The summed E-state index contributed by atoms with van der Waals surface area (Å²) in [6.45, 7) is 0. The van der Waals surface area contributed by atoms with Gasteiger partial charge in [-0.3, -0.25) is 0 Å². The molecule has 0 atom stereocenters. The van der Waals surface area contributed by atoms with Gasteiger partial charge in [0, 0.05) is 0 Å². The zero-order valence-electron chi connectivity index (χ0n) is 6.82. The summed E-state index contributed by atoms with van der Waals surface area (Å²) < 4.78 is 2.65. The lowest BCUT2D eigenvalue weighted by molar-refractivity contribution is 1.49. The van der Waals surface area contributed by atoms with Crippen LogP contribution in [0.5, 0.6) is 0 Å². The quantitative estimate of drug-likeness (QED) is 0.658. The van der Waals surface area contributed by atoms with Crippen molar-refractivity contribution in [2.45, 2.75) is 0 Å². The Balaban J connectivity index is 2.58. The van der Waals surface area contributed by atoms with Crippen molar-refractivity contribution >= 4 is 59.8 Å². The highest BCUT2D eigenvalue weighted by molar-refractivity contribution is 7.25. The molecule has 0 saturated carbocycles. The van der Waals surface area contributed by atoms with Crippen molar-refractivity contribution in [2.24, 2.45) is 0 Å². The minimum absolute atomic E-state index is 0.555. The van der Waals surface area contributed by atoms with E-state index in [2.05, 4.69) is 9.97 Å². The number of benzene rings is 1. The summed E-state index contributed by atoms with van der Waals surface area (Å²) in [4.78, 5) is 8.44. The highest BCUT2D eigenvalue weighted by Crippen LogP contribution is 2.34. The summed E-state index contributed by atoms with van der Waals surface area (Å²) in [5, 5.41) is 0.566. The summed E-state index contributed by atoms with van der Waals surface area (Å²) in [5.74, 6) is 0. The molecule has 0 amide bonds. The molecule has 3 rings (SSSR count). The van der Waals surface area contributed by atoms with Crippen LogP contribution in [0.4, 0.5) is 5.13 Å². The number of hydrogen-bond donors (Lipinski definition) is 1. The molecule has 2 aromatic heterocycles. The molecule has 0 unspecified atom stereocenters. The maximum Gasteiger partial charge on any atom is 0.184 e. The van der Waals surface area contributed by atoms with Crippen LogP contribution >= 0.6 is 34.3 Å². The number of nitrogen functional groups attached to an aromatic ring is 1. The Labute approximate surface area is 92.2 Å². The lowest BCUT2D eigenvalue weighted by Gasteiger charge is -1.87. The van der Waals surface area contributed by atoms with E-state index in [0.29, 0.717) is 9.60 Å². The van der Waals surface area contributed by atoms with Crippen molar-refractivity contribution in [3.8, 4) is 0 Å². The number of rotatable bonds is 0. The minimum Gasteiger partial charge on any atom is -0.375 e. The van der Waals surface area contributed by atoms with Crippen LogP contribution in [-0.4, -0.2) is 9.97 Å². The monoisotopic (exact) mass is 241 g/mol. The first-order valence-corrected chi connectivity index (χ1v) is 5.86. The third-order valence-corrected chi connectivity index (χ3v) is 3.94. The Morgan fingerprint density at radius 3 is 2.93 bits per heavy atom. The van der Waals surface area contributed by atoms with Crippen LogP contribution < -0.4 is 5.73 Å². The number of hydrogen-bond acceptors (Lipinski definition) is 5. The Bertz CT molecular complexity index is 572. The Morgan fingerprint density at radius 1 is 1.21 bits per heavy atom. The van der Waals surface area contributed by atoms with Crippen LogP contribution in [0.3, 0.4) is 0 Å². The van der Waals surface area contributed by atoms with Gasteiger partial charge in [-0.25, -0.2) is 9.97 Å². The first-order chi connectivity index (χ1) is 6.74. The molecule has 0 bridgehead atoms. The van der Waals surface area contributed by atoms with Gasteiger partial charge in [-0.2, -0.15) is 0 Å². The van der Waals surface area contributed by atoms with Crippen molar-refractivity contribution in [1.82, 2.24) is 9.97 Å². The molecule has 0 fully saturated rings. The Morgan fingerprint density at radius 2 is 2.07 bits per heavy atom. The molecule has 0 spiro atoms. The molecule has 0 aliphatic heterocycles. The molecule has 6 heteroatoms. The van der Waals surface area contributed by atoms with E-state index in [0.717, 1.165) is 20.4 Å². The second kappa shape index (κ2) is 2.79. The van der Waals surface area contributed by atoms with Gasteiger partial charge in [0.2, 0.25) is 0 Å². The summed E-state index contributed by atoms with van der Waals surface area (Å²) in [5.41, 5.74) is 7.44. The molecule has 0 radical (unpaired) electrons. The third-order valence-electron chi connectivity index (χ3n) is 1.90. The van der Waals surface area contributed by atoms with Gasteiger partial charge >= 0.3 is 0 Å². The molecule has 3 aromatic rings. The number of fused-ring (bicyclic) bond motifs is 3. The maximum absolute atomic E-state index is 5.85. The third kappa shape index (κ3) is 1.10. The van der Waals surface area contributed by atoms with Crippen LogP contribution in [0.1, 0.15) is 0 Å². The van der Waals surface area contributed by atoms with Crippen molar-refractivity contribution in [2.75, 3.05) is 5.73 Å². The fraction of sp³-hybridized carbons (Fsp3) is 0. The summed E-state index contributed by atoms with van der Waals surface area (Å²) in [6.07, 6.45) is 0. The average Bonchev–Trinajstić information content (AvgIpc) is 2.65. The average molecular weight is 242 g/mol. The summed E-state index contributed by atoms with van der Waals surface area (Å²) in [7, 11) is 0. The number of halogens is 1. The van der Waals surface area contributed by atoms with E-state index < -0.39 is 0 Å². The van der Waals surface area contributed by atoms with Gasteiger partial charge in [0.25, 0.3) is 0 Å². The maximum atomic E-state index is 5.85. The van der Waals surface area contributed by atoms with Gasteiger partial charge in [0.15, 0.2) is 9.60 Å². The van der Waals surface area contributed by atoms with Crippen LogP contribution in [0, 0.1) is 0 Å². The SMILES string of the molecule is Nc1nc2ccc3sc(Cl)nc3c2s1. The van der Waals surface area contributed by atoms with Gasteiger partial charge in [0.05, 0.1) is 14.9 Å². The molecular formula is C8H4ClN3S2. The second-order valence-electron chi connectivity index (χ2n) is 2.78. The van der Waals surface area contributed by atoms with E-state index in [4.69, 9.17) is 17.3 Å². The lowest BCUT2D eigenvalue weighted by Crippen LogP contribution is -1.78. The summed E-state index contributed by atoms with van der Waals surface area (Å²) in [6, 6.07) is 3.92. The van der Waals surface area contributed by atoms with Crippen molar-refractivity contribution in [1.29, 1.82) is 0 Å². The predicted octanol–water partition coefficient (Wildman–Crippen LogP) is 3.14. The number of aromatic nitrogens is 2. The van der Waals surface area contributed by atoms with Gasteiger partial charge in [-0.15, -0.1) is 11.3 Å². The van der Waals surface area contributed by atoms with Crippen LogP contribution in [0.2, 0.25) is 4.47 Å². The topological polar surface area (TPSA) is 51.8 Å². The first-order valence-electron chi connectivity index (χ1n) is 3.85. The van der Waals surface area contributed by atoms with Crippen molar-refractivity contribution in [3.05, 3.63) is 16.6 Å². The van der Waals surface area contributed by atoms with Gasteiger partial charge in [-0.05, 0) is 12.1 Å². The molecule has 2 N–H and O–H groups in total. The lowest BCUT2D eigenvalue weighted by atomic mass is 10.3. The largest absolute Gasteiger partial charge is 0.375 e. The molecule has 0 aliphatic carbocycles. The molecule has 0 aliphatic rings. The molecule has 0 saturated heterocycles. The molecule has 2 heterocycles. The predicted molar refractivity (Wildman–Crippen MR) is 62.2 cm³/mol. The molecule has 70 valence electrons. The van der Waals surface area contributed by atoms with E-state index in [9.17, 15) is 0 Å². The number of nitrogens with zero attached hydrogens (tertiary/aromatic N) is 2. The van der Waals surface area contributed by atoms with E-state index in [-0.39, 0.29) is 0 Å². The smallest absolute Gasteiger partial charge is 0.184 e. The zero-order chi connectivity index (χ0) is 9.71. The highest BCUT2D eigenvalue weighted by Gasteiger charge is 2.09. The van der Waals surface area contributed by atoms with Crippen molar-refractivity contribution in [3.63, 3.8) is 0 Å². The Kier molecular flexibility index (Phi) is 1.67. The Hall–Kier alpha value is -0.910. The molecule has 1 aromatic carbocycles. The fourth-order valence-corrected chi connectivity index (χ4v) is 3.29. The van der Waals surface area contributed by atoms with E-state index in [1.165, 1.54) is 22.7 Å². The first kappa shape index (κ1) is 8.40. The van der Waals surface area contributed by atoms with Gasteiger partial charge in [0.1, 0.15) is 5.52 Å². The molecule has 14 heavy (non-hydrogen) atoms. The fourth-order valence-electron chi connectivity index (χ4n) is 1.37. The number of nitrogens with two attached hydrogens (primary N) is 1. The number of thiazole rings is 2.